The highest BCUT2D eigenvalue weighted by Crippen LogP contribution is 2.14. The number of ether oxygens (including phenoxy) is 5. The van der Waals surface area contributed by atoms with Crippen LogP contribution in [0.3, 0.4) is 0 Å². The van der Waals surface area contributed by atoms with Crippen molar-refractivity contribution in [1.29, 1.82) is 0 Å². The molecule has 1 aliphatic rings. The van der Waals surface area contributed by atoms with Gasteiger partial charge in [-0.15, -0.1) is 0 Å². The van der Waals surface area contributed by atoms with E-state index < -0.39 is 0 Å². The molecule has 0 atom stereocenters. The molecule has 1 aromatic heterocycles. The molecule has 3 N–H and O–H groups in total. The number of aliphatic hydroxyl groups is 1. The third-order valence-electron chi connectivity index (χ3n) is 7.69. The van der Waals surface area contributed by atoms with Gasteiger partial charge in [0.25, 0.3) is 11.5 Å². The topological polar surface area (TPSA) is 150 Å². The van der Waals surface area contributed by atoms with Gasteiger partial charge in [-0.3, -0.25) is 19.5 Å². The van der Waals surface area contributed by atoms with Crippen LogP contribution >= 0.6 is 0 Å². The zero-order valence-electron chi connectivity index (χ0n) is 27.6. The van der Waals surface area contributed by atoms with Crippen LogP contribution in [0.1, 0.15) is 34.3 Å². The van der Waals surface area contributed by atoms with Crippen LogP contribution in [-0.4, -0.2) is 144 Å². The van der Waals surface area contributed by atoms with Crippen molar-refractivity contribution < 1.29 is 33.6 Å². The van der Waals surface area contributed by atoms with Gasteiger partial charge >= 0.3 is 0 Å². The number of aromatic nitrogens is 1. The van der Waals surface area contributed by atoms with Gasteiger partial charge in [0.2, 0.25) is 0 Å². The summed E-state index contributed by atoms with van der Waals surface area (Å²) in [7, 11) is 0. The Balaban J connectivity index is 1.52. The normalized spacial score (nSPS) is 14.0. The molecule has 13 nitrogen and oxygen atoms in total. The first kappa shape index (κ1) is 38.4. The van der Waals surface area contributed by atoms with Crippen molar-refractivity contribution in [2.24, 2.45) is 10.7 Å². The number of piperidine rings is 1. The highest BCUT2D eigenvalue weighted by molar-refractivity contribution is 5.93. The summed E-state index contributed by atoms with van der Waals surface area (Å²) in [5.74, 6) is -0.221. The van der Waals surface area contributed by atoms with E-state index in [0.717, 1.165) is 38.0 Å². The Kier molecular flexibility index (Phi) is 19.1. The van der Waals surface area contributed by atoms with E-state index in [2.05, 4.69) is 28.7 Å². The molecule has 0 bridgehead atoms. The van der Waals surface area contributed by atoms with Crippen LogP contribution < -0.4 is 11.3 Å². The molecule has 1 fully saturated rings. The first-order valence-corrected chi connectivity index (χ1v) is 16.5. The predicted octanol–water partition coefficient (Wildman–Crippen LogP) is 1.04. The van der Waals surface area contributed by atoms with Crippen LogP contribution in [0.4, 0.5) is 0 Å². The summed E-state index contributed by atoms with van der Waals surface area (Å²) in [5, 5.41) is 8.84. The lowest BCUT2D eigenvalue weighted by Crippen LogP contribution is -2.39. The molecule has 2 aromatic rings. The van der Waals surface area contributed by atoms with E-state index in [1.165, 1.54) is 11.6 Å². The minimum atomic E-state index is -0.221. The van der Waals surface area contributed by atoms with Gasteiger partial charge < -0.3 is 44.0 Å². The molecule has 1 aliphatic heterocycles. The number of hydrogen-bond acceptors (Lipinski definition) is 11. The Labute approximate surface area is 278 Å². The summed E-state index contributed by atoms with van der Waals surface area (Å²) in [6.45, 7) is 11.7. The number of hydrogen-bond donors (Lipinski definition) is 2. The Morgan fingerprint density at radius 2 is 1.34 bits per heavy atom. The van der Waals surface area contributed by atoms with Crippen molar-refractivity contribution in [2.75, 3.05) is 105 Å². The zero-order chi connectivity index (χ0) is 33.5. The number of aliphatic imine (C=N–C) groups is 1. The van der Waals surface area contributed by atoms with Crippen molar-refractivity contribution in [3.63, 3.8) is 0 Å². The number of carbonyl (C=O) groups excluding carboxylic acids is 1. The summed E-state index contributed by atoms with van der Waals surface area (Å²) >= 11 is 0. The predicted molar refractivity (Wildman–Crippen MR) is 180 cm³/mol. The van der Waals surface area contributed by atoms with Crippen LogP contribution in [0.2, 0.25) is 0 Å². The molecule has 1 saturated heterocycles. The number of nitrogens with two attached hydrogens (primary N) is 1. The smallest absolute Gasteiger partial charge is 0.255 e. The summed E-state index contributed by atoms with van der Waals surface area (Å²) in [5.41, 5.74) is 8.46. The van der Waals surface area contributed by atoms with Gasteiger partial charge in [-0.1, -0.05) is 24.3 Å². The lowest BCUT2D eigenvalue weighted by atomic mass is 10.0. The van der Waals surface area contributed by atoms with Crippen molar-refractivity contribution in [3.8, 4) is 0 Å². The van der Waals surface area contributed by atoms with Crippen molar-refractivity contribution in [3.05, 3.63) is 69.6 Å². The number of pyridine rings is 1. The van der Waals surface area contributed by atoms with Crippen LogP contribution in [0, 0.1) is 0 Å². The van der Waals surface area contributed by atoms with Crippen LogP contribution in [0.25, 0.3) is 0 Å². The van der Waals surface area contributed by atoms with Gasteiger partial charge in [-0.05, 0) is 49.8 Å². The SMILES string of the molecule is C=NCCOCCOCCOCCN(CCOCCOCCO)C(=O)c1ccc(=O)n(Cc2ccc(CN3CCC(N)CC3)cc2)c1. The Morgan fingerprint density at radius 1 is 0.809 bits per heavy atom. The first-order valence-electron chi connectivity index (χ1n) is 16.5. The molecule has 3 rings (SSSR count). The third kappa shape index (κ3) is 15.6. The lowest BCUT2D eigenvalue weighted by molar-refractivity contribution is 0.00737. The maximum Gasteiger partial charge on any atom is 0.255 e. The monoisotopic (exact) mass is 659 g/mol. The minimum absolute atomic E-state index is 0.0450. The van der Waals surface area contributed by atoms with E-state index in [9.17, 15) is 9.59 Å². The van der Waals surface area contributed by atoms with Crippen LogP contribution in [0.15, 0.2) is 52.4 Å². The third-order valence-corrected chi connectivity index (χ3v) is 7.69. The summed E-state index contributed by atoms with van der Waals surface area (Å²) in [6, 6.07) is 11.6. The molecule has 2 heterocycles. The molecule has 0 radical (unpaired) electrons. The largest absolute Gasteiger partial charge is 0.394 e. The van der Waals surface area contributed by atoms with Gasteiger partial charge in [0.05, 0.1) is 91.3 Å². The number of likely N-dealkylation sites (tertiary alicyclic amines) is 1. The van der Waals surface area contributed by atoms with E-state index in [0.29, 0.717) is 97.2 Å². The van der Waals surface area contributed by atoms with E-state index >= 15 is 0 Å². The second-order valence-corrected chi connectivity index (χ2v) is 11.3. The Bertz CT molecular complexity index is 1200. The van der Waals surface area contributed by atoms with Gasteiger partial charge in [0, 0.05) is 37.9 Å². The fourth-order valence-corrected chi connectivity index (χ4v) is 5.00. The lowest BCUT2D eigenvalue weighted by Gasteiger charge is -2.30. The number of rotatable bonds is 25. The molecular formula is C34H53N5O8. The van der Waals surface area contributed by atoms with E-state index in [1.54, 1.807) is 21.7 Å². The van der Waals surface area contributed by atoms with Gasteiger partial charge in [-0.2, -0.15) is 0 Å². The standard InChI is InChI=1S/C34H53N5O8/c1-36-10-16-43-20-24-47-25-22-45-18-14-38(13-17-44-21-23-46-19-15-40)34(42)31-6-7-33(41)39(28-31)27-30-4-2-29(3-5-30)26-37-11-8-32(35)9-12-37/h2-7,28,32,40H,1,8-27,35H2. The van der Waals surface area contributed by atoms with Gasteiger partial charge in [0.1, 0.15) is 0 Å². The van der Waals surface area contributed by atoms with E-state index in [1.807, 2.05) is 12.1 Å². The maximum atomic E-state index is 13.6. The number of nitrogens with zero attached hydrogens (tertiary/aromatic N) is 4. The summed E-state index contributed by atoms with van der Waals surface area (Å²) in [6.07, 6.45) is 3.66. The number of carbonyl (C=O) groups is 1. The molecule has 0 saturated carbocycles. The fourth-order valence-electron chi connectivity index (χ4n) is 5.00. The Morgan fingerprint density at radius 3 is 1.91 bits per heavy atom. The quantitative estimate of drug-likeness (QED) is 0.117. The zero-order valence-corrected chi connectivity index (χ0v) is 27.6. The van der Waals surface area contributed by atoms with Gasteiger partial charge in [-0.25, -0.2) is 0 Å². The molecule has 1 amide bonds. The fraction of sp³-hybridized carbons (Fsp3) is 0.618. The molecule has 0 unspecified atom stereocenters. The van der Waals surface area contributed by atoms with Crippen LogP contribution in [-0.2, 0) is 36.8 Å². The average Bonchev–Trinajstić information content (AvgIpc) is 3.08. The van der Waals surface area contributed by atoms with Crippen LogP contribution in [0.5, 0.6) is 0 Å². The van der Waals surface area contributed by atoms with Crippen molar-refractivity contribution in [1.82, 2.24) is 14.4 Å². The molecule has 0 aliphatic carbocycles. The van der Waals surface area contributed by atoms with Gasteiger partial charge in [0.15, 0.2) is 0 Å². The van der Waals surface area contributed by atoms with E-state index in [-0.39, 0.29) is 24.7 Å². The second kappa shape index (κ2) is 23.3. The first-order chi connectivity index (χ1) is 23.0. The maximum absolute atomic E-state index is 13.6. The molecule has 262 valence electrons. The second-order valence-electron chi connectivity index (χ2n) is 11.3. The number of aliphatic hydroxyl groups excluding tert-OH is 1. The molecule has 1 aromatic carbocycles. The summed E-state index contributed by atoms with van der Waals surface area (Å²) < 4.78 is 29.0. The molecule has 0 spiro atoms. The molecule has 47 heavy (non-hydrogen) atoms. The molecular weight excluding hydrogens is 606 g/mol. The Hall–Kier alpha value is -3.01. The molecule has 13 heteroatoms. The highest BCUT2D eigenvalue weighted by atomic mass is 16.5. The minimum Gasteiger partial charge on any atom is -0.394 e. The van der Waals surface area contributed by atoms with Crippen molar-refractivity contribution >= 4 is 12.6 Å². The summed E-state index contributed by atoms with van der Waals surface area (Å²) in [4.78, 5) is 34.2. The average molecular weight is 660 g/mol. The number of amides is 1. The van der Waals surface area contributed by atoms with Crippen molar-refractivity contribution in [2.45, 2.75) is 32.0 Å². The number of benzene rings is 1. The highest BCUT2D eigenvalue weighted by Gasteiger charge is 2.18. The van der Waals surface area contributed by atoms with E-state index in [4.69, 9.17) is 34.5 Å².